The van der Waals surface area contributed by atoms with Crippen LogP contribution in [-0.2, 0) is 0 Å². The second kappa shape index (κ2) is 1.97. The summed E-state index contributed by atoms with van der Waals surface area (Å²) in [6.07, 6.45) is 8.37. The lowest BCUT2D eigenvalue weighted by Gasteiger charge is -2.12. The molecule has 0 saturated heterocycles. The van der Waals surface area contributed by atoms with E-state index in [0.29, 0.717) is 12.1 Å². The number of nitrogens with zero attached hydrogens (tertiary/aromatic N) is 1. The number of allylic oxidation sites excluding steroid dienone is 2. The Labute approximate surface area is 60.3 Å². The Kier molecular flexibility index (Phi) is 1.13. The minimum Gasteiger partial charge on any atom is -0.365 e. The molecular formula is C8H10N2. The summed E-state index contributed by atoms with van der Waals surface area (Å²) >= 11 is 0. The van der Waals surface area contributed by atoms with Crippen LogP contribution in [0.2, 0.25) is 0 Å². The average Bonchev–Trinajstić information content (AvgIpc) is 2.27. The van der Waals surface area contributed by atoms with E-state index in [1.807, 2.05) is 13.0 Å². The zero-order valence-electron chi connectivity index (χ0n) is 5.91. The number of rotatable bonds is 0. The van der Waals surface area contributed by atoms with Crippen molar-refractivity contribution in [3.05, 3.63) is 24.3 Å². The molecule has 0 amide bonds. The van der Waals surface area contributed by atoms with E-state index in [2.05, 4.69) is 28.5 Å². The lowest BCUT2D eigenvalue weighted by atomic mass is 10.1. The van der Waals surface area contributed by atoms with Crippen LogP contribution in [0, 0.1) is 0 Å². The first-order valence-corrected chi connectivity index (χ1v) is 3.52. The highest BCUT2D eigenvalue weighted by atomic mass is 15.1. The van der Waals surface area contributed by atoms with E-state index in [9.17, 15) is 0 Å². The van der Waals surface area contributed by atoms with Crippen LogP contribution in [0.3, 0.4) is 0 Å². The molecule has 0 bridgehead atoms. The molecule has 0 aromatic heterocycles. The summed E-state index contributed by atoms with van der Waals surface area (Å²) in [5.74, 6) is 1.05. The minimum atomic E-state index is 0.352. The van der Waals surface area contributed by atoms with Gasteiger partial charge in [0.05, 0.1) is 17.9 Å². The van der Waals surface area contributed by atoms with Crippen LogP contribution < -0.4 is 5.32 Å². The lowest BCUT2D eigenvalue weighted by molar-refractivity contribution is 0.694. The van der Waals surface area contributed by atoms with Crippen molar-refractivity contribution in [3.63, 3.8) is 0 Å². The third-order valence-electron chi connectivity index (χ3n) is 1.82. The van der Waals surface area contributed by atoms with Gasteiger partial charge in [0, 0.05) is 0 Å². The molecule has 2 nitrogen and oxygen atoms in total. The van der Waals surface area contributed by atoms with Crippen LogP contribution in [0.25, 0.3) is 0 Å². The highest BCUT2D eigenvalue weighted by Crippen LogP contribution is 2.13. The van der Waals surface area contributed by atoms with Crippen LogP contribution >= 0.6 is 0 Å². The molecule has 0 radical (unpaired) electrons. The van der Waals surface area contributed by atoms with E-state index in [0.717, 1.165) is 5.84 Å². The quantitative estimate of drug-likeness (QED) is 0.522. The summed E-state index contributed by atoms with van der Waals surface area (Å²) in [6.45, 7) is 2.00. The topological polar surface area (TPSA) is 24.4 Å². The summed E-state index contributed by atoms with van der Waals surface area (Å²) in [5.41, 5.74) is 0. The van der Waals surface area contributed by atoms with E-state index >= 15 is 0 Å². The Morgan fingerprint density at radius 3 is 3.00 bits per heavy atom. The summed E-state index contributed by atoms with van der Waals surface area (Å²) in [6, 6.07) is 0.773. The Bertz CT molecular complexity index is 225. The number of hydrogen-bond acceptors (Lipinski definition) is 2. The Hall–Kier alpha value is -1.05. The van der Waals surface area contributed by atoms with Crippen LogP contribution in [-0.4, -0.2) is 17.9 Å². The molecule has 2 rings (SSSR count). The van der Waals surface area contributed by atoms with Crippen molar-refractivity contribution in [2.75, 3.05) is 0 Å². The maximum Gasteiger partial charge on any atom is 0.0945 e. The average molecular weight is 134 g/mol. The Morgan fingerprint density at radius 1 is 1.40 bits per heavy atom. The van der Waals surface area contributed by atoms with Crippen molar-refractivity contribution in [2.45, 2.75) is 19.0 Å². The normalized spacial score (nSPS) is 35.1. The largest absolute Gasteiger partial charge is 0.365 e. The van der Waals surface area contributed by atoms with Crippen LogP contribution in [0.5, 0.6) is 0 Å². The third-order valence-corrected chi connectivity index (χ3v) is 1.82. The van der Waals surface area contributed by atoms with Crippen molar-refractivity contribution in [3.8, 4) is 0 Å². The van der Waals surface area contributed by atoms with E-state index in [1.54, 1.807) is 0 Å². The molecule has 0 saturated carbocycles. The van der Waals surface area contributed by atoms with Crippen molar-refractivity contribution in [2.24, 2.45) is 4.99 Å². The van der Waals surface area contributed by atoms with Crippen molar-refractivity contribution in [1.29, 1.82) is 0 Å². The molecule has 1 aliphatic carbocycles. The predicted molar refractivity (Wildman–Crippen MR) is 42.1 cm³/mol. The monoisotopic (exact) mass is 134 g/mol. The van der Waals surface area contributed by atoms with Crippen LogP contribution in [0.15, 0.2) is 29.3 Å². The number of nitrogens with one attached hydrogen (secondary N) is 1. The fourth-order valence-electron chi connectivity index (χ4n) is 1.35. The first-order chi connectivity index (χ1) is 4.86. The zero-order chi connectivity index (χ0) is 6.97. The standard InChI is InChI=1S/C8H10N2/c1-6-9-7-4-2-3-5-8(7)10-6/h2-5,7-8H,1H3,(H,9,10)/t7-,8?/m1/s1. The molecule has 10 heavy (non-hydrogen) atoms. The van der Waals surface area contributed by atoms with Crippen molar-refractivity contribution >= 4 is 5.84 Å². The van der Waals surface area contributed by atoms with Gasteiger partial charge in [0.2, 0.25) is 0 Å². The molecule has 2 aliphatic rings. The van der Waals surface area contributed by atoms with Crippen molar-refractivity contribution in [1.82, 2.24) is 5.32 Å². The zero-order valence-corrected chi connectivity index (χ0v) is 5.91. The molecule has 0 fully saturated rings. The highest BCUT2D eigenvalue weighted by molar-refractivity contribution is 5.82. The van der Waals surface area contributed by atoms with Gasteiger partial charge in [-0.1, -0.05) is 24.3 Å². The molecule has 2 heteroatoms. The fourth-order valence-corrected chi connectivity index (χ4v) is 1.35. The first kappa shape index (κ1) is 5.71. The van der Waals surface area contributed by atoms with Crippen LogP contribution in [0.4, 0.5) is 0 Å². The minimum absolute atomic E-state index is 0.352. The summed E-state index contributed by atoms with van der Waals surface area (Å²) < 4.78 is 0. The second-order valence-electron chi connectivity index (χ2n) is 2.65. The van der Waals surface area contributed by atoms with E-state index in [4.69, 9.17) is 0 Å². The molecule has 2 atom stereocenters. The summed E-state index contributed by atoms with van der Waals surface area (Å²) in [5, 5.41) is 3.27. The Morgan fingerprint density at radius 2 is 2.20 bits per heavy atom. The van der Waals surface area contributed by atoms with Gasteiger partial charge in [-0.15, -0.1) is 0 Å². The van der Waals surface area contributed by atoms with Gasteiger partial charge in [-0.05, 0) is 6.92 Å². The second-order valence-corrected chi connectivity index (χ2v) is 2.65. The maximum absolute atomic E-state index is 4.38. The molecule has 0 aromatic carbocycles. The highest BCUT2D eigenvalue weighted by Gasteiger charge is 2.22. The van der Waals surface area contributed by atoms with Gasteiger partial charge in [0.25, 0.3) is 0 Å². The van der Waals surface area contributed by atoms with Gasteiger partial charge in [-0.25, -0.2) is 0 Å². The van der Waals surface area contributed by atoms with Gasteiger partial charge in [-0.3, -0.25) is 4.99 Å². The van der Waals surface area contributed by atoms with Gasteiger partial charge in [-0.2, -0.15) is 0 Å². The smallest absolute Gasteiger partial charge is 0.0945 e. The molecule has 1 heterocycles. The number of amidine groups is 1. The number of aliphatic imine (C=N–C) groups is 1. The number of fused-ring (bicyclic) bond motifs is 1. The van der Waals surface area contributed by atoms with E-state index < -0.39 is 0 Å². The maximum atomic E-state index is 4.38. The molecule has 52 valence electrons. The van der Waals surface area contributed by atoms with Gasteiger partial charge in [0.1, 0.15) is 0 Å². The van der Waals surface area contributed by atoms with Gasteiger partial charge >= 0.3 is 0 Å². The summed E-state index contributed by atoms with van der Waals surface area (Å²) in [7, 11) is 0. The van der Waals surface area contributed by atoms with Crippen LogP contribution in [0.1, 0.15) is 6.92 Å². The third kappa shape index (κ3) is 0.764. The van der Waals surface area contributed by atoms with Crippen molar-refractivity contribution < 1.29 is 0 Å². The van der Waals surface area contributed by atoms with Gasteiger partial charge < -0.3 is 5.32 Å². The lowest BCUT2D eigenvalue weighted by Crippen LogP contribution is -2.31. The van der Waals surface area contributed by atoms with E-state index in [1.165, 1.54) is 0 Å². The fraction of sp³-hybridized carbons (Fsp3) is 0.375. The molecule has 1 aliphatic heterocycles. The van der Waals surface area contributed by atoms with Gasteiger partial charge in [0.15, 0.2) is 0 Å². The SMILES string of the molecule is CC1=NC2C=CC=C[C@H]2N1. The Balaban J connectivity index is 2.24. The molecule has 0 spiro atoms. The summed E-state index contributed by atoms with van der Waals surface area (Å²) in [4.78, 5) is 4.38. The number of hydrogen-bond donors (Lipinski definition) is 1. The van der Waals surface area contributed by atoms with E-state index in [-0.39, 0.29) is 0 Å². The molecule has 1 unspecified atom stereocenters. The molecular weight excluding hydrogens is 124 g/mol. The molecule has 1 N–H and O–H groups in total. The molecule has 0 aromatic rings. The predicted octanol–water partition coefficient (Wildman–Crippen LogP) is 0.871. The first-order valence-electron chi connectivity index (χ1n) is 3.52.